The molecule has 12 heteroatoms. The van der Waals surface area contributed by atoms with Gasteiger partial charge in [-0.15, -0.1) is 0 Å². The number of halogens is 3. The summed E-state index contributed by atoms with van der Waals surface area (Å²) < 4.78 is 56.5. The van der Waals surface area contributed by atoms with Crippen molar-refractivity contribution in [2.24, 2.45) is 0 Å². The predicted molar refractivity (Wildman–Crippen MR) is 121 cm³/mol. The van der Waals surface area contributed by atoms with Crippen molar-refractivity contribution in [2.75, 3.05) is 18.4 Å². The van der Waals surface area contributed by atoms with E-state index in [4.69, 9.17) is 14.2 Å². The Hall–Kier alpha value is -3.96. The molecule has 0 bridgehead atoms. The first-order valence-corrected chi connectivity index (χ1v) is 11.0. The number of nitrogens with one attached hydrogen (secondary N) is 1. The van der Waals surface area contributed by atoms with Crippen LogP contribution in [0.5, 0.6) is 11.5 Å². The van der Waals surface area contributed by atoms with Gasteiger partial charge in [-0.1, -0.05) is 12.1 Å². The molecule has 2 aromatic rings. The summed E-state index contributed by atoms with van der Waals surface area (Å²) in [6.45, 7) is 3.54. The monoisotopic (exact) mass is 507 g/mol. The predicted octanol–water partition coefficient (Wildman–Crippen LogP) is 5.14. The summed E-state index contributed by atoms with van der Waals surface area (Å²) in [5.41, 5.74) is -0.154. The lowest BCUT2D eigenvalue weighted by molar-refractivity contribution is -0.115. The molecule has 0 atom stereocenters. The molecule has 0 aliphatic carbocycles. The van der Waals surface area contributed by atoms with Crippen LogP contribution in [0.3, 0.4) is 0 Å². The van der Waals surface area contributed by atoms with Crippen LogP contribution in [0.2, 0.25) is 0 Å². The van der Waals surface area contributed by atoms with Crippen molar-refractivity contribution in [1.29, 1.82) is 0 Å². The molecule has 2 aliphatic heterocycles. The quantitative estimate of drug-likeness (QED) is 0.616. The van der Waals surface area contributed by atoms with E-state index < -0.39 is 48.7 Å². The van der Waals surface area contributed by atoms with Crippen LogP contribution in [0.25, 0.3) is 0 Å². The van der Waals surface area contributed by atoms with Gasteiger partial charge in [0.25, 0.3) is 5.92 Å². The van der Waals surface area contributed by atoms with Gasteiger partial charge in [0.2, 0.25) is 0 Å². The summed E-state index contributed by atoms with van der Waals surface area (Å²) in [6, 6.07) is 8.68. The Kier molecular flexibility index (Phi) is 6.46. The van der Waals surface area contributed by atoms with Gasteiger partial charge >= 0.3 is 18.3 Å². The third-order valence-corrected chi connectivity index (χ3v) is 5.24. The van der Waals surface area contributed by atoms with Crippen LogP contribution in [-0.2, 0) is 17.8 Å². The molecule has 36 heavy (non-hydrogen) atoms. The number of hydrogen-bond acceptors (Lipinski definition) is 6. The molecule has 0 saturated carbocycles. The smallest absolute Gasteiger partial charge is 0.415 e. The summed E-state index contributed by atoms with van der Waals surface area (Å²) in [6.07, 6.45) is -2.51. The number of anilines is 1. The van der Waals surface area contributed by atoms with E-state index in [1.54, 1.807) is 26.8 Å². The van der Waals surface area contributed by atoms with Crippen LogP contribution in [0.15, 0.2) is 36.4 Å². The number of likely N-dealkylation sites (tertiary alicyclic amines) is 1. The van der Waals surface area contributed by atoms with Crippen molar-refractivity contribution in [1.82, 2.24) is 9.80 Å². The number of fused-ring (bicyclic) bond motifs is 1. The van der Waals surface area contributed by atoms with Crippen LogP contribution in [0.1, 0.15) is 31.9 Å². The van der Waals surface area contributed by atoms with E-state index in [0.29, 0.717) is 5.56 Å². The Balaban J connectivity index is 1.41. The van der Waals surface area contributed by atoms with Crippen LogP contribution < -0.4 is 14.8 Å². The molecule has 0 unspecified atom stereocenters. The molecule has 2 aromatic carbocycles. The zero-order valence-corrected chi connectivity index (χ0v) is 19.8. The molecule has 0 radical (unpaired) electrons. The maximum atomic E-state index is 15.0. The van der Waals surface area contributed by atoms with E-state index in [-0.39, 0.29) is 35.8 Å². The Morgan fingerprint density at radius 1 is 1.17 bits per heavy atom. The van der Waals surface area contributed by atoms with Gasteiger partial charge in [0, 0.05) is 17.2 Å². The molecular formula is C24H24F3N3O6. The van der Waals surface area contributed by atoms with Gasteiger partial charge in [0.1, 0.15) is 17.1 Å². The first kappa shape index (κ1) is 25.1. The summed E-state index contributed by atoms with van der Waals surface area (Å²) in [5.74, 6) is -3.47. The van der Waals surface area contributed by atoms with E-state index in [9.17, 15) is 23.2 Å². The second-order valence-electron chi connectivity index (χ2n) is 9.48. The second kappa shape index (κ2) is 9.25. The Morgan fingerprint density at radius 2 is 1.89 bits per heavy atom. The van der Waals surface area contributed by atoms with Crippen LogP contribution in [0, 0.1) is 5.82 Å². The number of hydrogen-bond donors (Lipinski definition) is 1. The van der Waals surface area contributed by atoms with Gasteiger partial charge < -0.3 is 14.2 Å². The molecule has 1 fully saturated rings. The highest BCUT2D eigenvalue weighted by Gasteiger charge is 2.47. The molecule has 0 aromatic heterocycles. The number of rotatable bonds is 4. The lowest BCUT2D eigenvalue weighted by Gasteiger charge is -2.37. The largest absolute Gasteiger partial charge is 0.444 e. The summed E-state index contributed by atoms with van der Waals surface area (Å²) in [4.78, 5) is 38.6. The van der Waals surface area contributed by atoms with Gasteiger partial charge in [0.15, 0.2) is 5.82 Å². The van der Waals surface area contributed by atoms with Crippen molar-refractivity contribution in [3.8, 4) is 11.5 Å². The maximum absolute atomic E-state index is 15.0. The fourth-order valence-electron chi connectivity index (χ4n) is 3.60. The van der Waals surface area contributed by atoms with Crippen LogP contribution >= 0.6 is 0 Å². The minimum Gasteiger partial charge on any atom is -0.444 e. The highest BCUT2D eigenvalue weighted by Crippen LogP contribution is 2.33. The van der Waals surface area contributed by atoms with Crippen molar-refractivity contribution in [3.05, 3.63) is 53.3 Å². The molecule has 9 nitrogen and oxygen atoms in total. The van der Waals surface area contributed by atoms with Gasteiger partial charge in [-0.25, -0.2) is 27.6 Å². The van der Waals surface area contributed by atoms with E-state index in [1.165, 1.54) is 35.2 Å². The second-order valence-corrected chi connectivity index (χ2v) is 9.48. The van der Waals surface area contributed by atoms with Crippen molar-refractivity contribution in [3.63, 3.8) is 0 Å². The Labute approximate surface area is 204 Å². The van der Waals surface area contributed by atoms with Crippen molar-refractivity contribution < 1.29 is 41.8 Å². The molecule has 2 heterocycles. The third kappa shape index (κ3) is 5.81. The summed E-state index contributed by atoms with van der Waals surface area (Å²) in [7, 11) is 0. The first-order valence-electron chi connectivity index (χ1n) is 11.0. The molecule has 3 amide bonds. The molecular weight excluding hydrogens is 483 g/mol. The average molecular weight is 507 g/mol. The zero-order valence-electron chi connectivity index (χ0n) is 19.8. The number of alkyl halides is 2. The highest BCUT2D eigenvalue weighted by molar-refractivity contribution is 5.85. The van der Waals surface area contributed by atoms with E-state index in [2.05, 4.69) is 5.32 Å². The average Bonchev–Trinajstić information content (AvgIpc) is 2.74. The number of carbonyl (C=O) groups excluding carboxylic acids is 3. The molecule has 2 aliphatic rings. The zero-order chi connectivity index (χ0) is 26.3. The van der Waals surface area contributed by atoms with E-state index in [0.717, 1.165) is 4.90 Å². The number of nitrogens with zero attached hydrogens (tertiary/aromatic N) is 2. The number of ether oxygens (including phenoxy) is 3. The fraction of sp³-hybridized carbons (Fsp3) is 0.375. The van der Waals surface area contributed by atoms with E-state index >= 15 is 4.39 Å². The lowest BCUT2D eigenvalue weighted by Crippen LogP contribution is -2.59. The number of benzene rings is 2. The SMILES string of the molecule is CC(C)(C)OC(=O)Nc1cccc(CN2Cc3ccc(OC(=O)N4CC(F)(F)C4)cc3OC2=O)c1F. The van der Waals surface area contributed by atoms with Crippen molar-refractivity contribution >= 4 is 24.0 Å². The topological polar surface area (TPSA) is 97.4 Å². The van der Waals surface area contributed by atoms with Gasteiger partial charge in [0.05, 0.1) is 31.9 Å². The summed E-state index contributed by atoms with van der Waals surface area (Å²) >= 11 is 0. The Bertz CT molecular complexity index is 1210. The van der Waals surface area contributed by atoms with E-state index in [1.807, 2.05) is 0 Å². The van der Waals surface area contributed by atoms with Gasteiger partial charge in [-0.2, -0.15) is 0 Å². The standard InChI is InChI=1S/C24H24F3N3O6/c1-23(2,3)36-20(31)28-17-6-4-5-15(19(17)25)11-29-10-14-7-8-16(9-18(14)35-21(29)32)34-22(33)30-12-24(26,27)13-30/h4-9H,10-13H2,1-3H3,(H,28,31). The lowest BCUT2D eigenvalue weighted by atomic mass is 10.1. The third-order valence-electron chi connectivity index (χ3n) is 5.24. The molecule has 1 saturated heterocycles. The summed E-state index contributed by atoms with van der Waals surface area (Å²) in [5, 5.41) is 2.36. The number of carbonyl (C=O) groups is 3. The van der Waals surface area contributed by atoms with Crippen molar-refractivity contribution in [2.45, 2.75) is 45.4 Å². The highest BCUT2D eigenvalue weighted by atomic mass is 19.3. The molecule has 0 spiro atoms. The fourth-order valence-corrected chi connectivity index (χ4v) is 3.60. The minimum atomic E-state index is -2.92. The Morgan fingerprint density at radius 3 is 2.56 bits per heavy atom. The van der Waals surface area contributed by atoms with Crippen LogP contribution in [-0.4, -0.2) is 52.7 Å². The van der Waals surface area contributed by atoms with Gasteiger partial charge in [-0.05, 0) is 39.0 Å². The molecule has 1 N–H and O–H groups in total. The first-order chi connectivity index (χ1) is 16.8. The van der Waals surface area contributed by atoms with Crippen LogP contribution in [0.4, 0.5) is 33.2 Å². The molecule has 192 valence electrons. The number of amides is 3. The normalized spacial score (nSPS) is 16.4. The minimum absolute atomic E-state index is 0.0298. The molecule has 4 rings (SSSR count). The maximum Gasteiger partial charge on any atom is 0.415 e. The van der Waals surface area contributed by atoms with Gasteiger partial charge in [-0.3, -0.25) is 15.1 Å².